The van der Waals surface area contributed by atoms with Gasteiger partial charge in [0.05, 0.1) is 18.2 Å². The molecule has 0 bridgehead atoms. The lowest BCUT2D eigenvalue weighted by Crippen LogP contribution is -2.29. The van der Waals surface area contributed by atoms with E-state index in [9.17, 15) is 0 Å². The van der Waals surface area contributed by atoms with E-state index in [1.807, 2.05) is 0 Å². The van der Waals surface area contributed by atoms with Gasteiger partial charge in [-0.25, -0.2) is 9.97 Å². The van der Waals surface area contributed by atoms with Gasteiger partial charge in [-0.15, -0.1) is 0 Å². The van der Waals surface area contributed by atoms with Crippen LogP contribution >= 0.6 is 0 Å². The third-order valence-electron chi connectivity index (χ3n) is 3.78. The molecule has 0 aliphatic heterocycles. The van der Waals surface area contributed by atoms with E-state index in [0.29, 0.717) is 17.7 Å². The zero-order chi connectivity index (χ0) is 14.3. The predicted octanol–water partition coefficient (Wildman–Crippen LogP) is 3.36. The maximum absolute atomic E-state index is 8.87. The fraction of sp³-hybridized carbons (Fsp3) is 0.688. The minimum atomic E-state index is 0.00461. The van der Waals surface area contributed by atoms with E-state index in [1.54, 1.807) is 0 Å². The topological polar surface area (TPSA) is 49.6 Å². The van der Waals surface area contributed by atoms with Crippen molar-refractivity contribution in [3.63, 3.8) is 0 Å². The molecule has 3 heteroatoms. The molecule has 1 aromatic rings. The van der Waals surface area contributed by atoms with Crippen molar-refractivity contribution in [3.05, 3.63) is 22.8 Å². The smallest absolute Gasteiger partial charge is 0.142 e. The molecule has 0 radical (unpaired) electrons. The summed E-state index contributed by atoms with van der Waals surface area (Å²) < 4.78 is 0. The summed E-state index contributed by atoms with van der Waals surface area (Å²) in [6.07, 6.45) is 3.51. The molecule has 102 valence electrons. The van der Waals surface area contributed by atoms with Crippen molar-refractivity contribution in [3.8, 4) is 6.07 Å². The van der Waals surface area contributed by atoms with Crippen molar-refractivity contribution in [2.45, 2.75) is 65.7 Å². The summed E-state index contributed by atoms with van der Waals surface area (Å²) in [4.78, 5) is 9.29. The van der Waals surface area contributed by atoms with Gasteiger partial charge < -0.3 is 0 Å². The summed E-state index contributed by atoms with van der Waals surface area (Å²) in [6.45, 7) is 11.2. The Morgan fingerprint density at radius 1 is 1.26 bits per heavy atom. The van der Waals surface area contributed by atoms with Crippen molar-refractivity contribution in [2.24, 2.45) is 5.41 Å². The first-order valence-electron chi connectivity index (χ1n) is 6.99. The Hall–Kier alpha value is -1.43. The number of aryl methyl sites for hydroxylation is 1. The molecule has 0 N–H and O–H groups in total. The molecule has 0 unspecified atom stereocenters. The standard InChI is InChI=1S/C16H23N3/c1-15(2,3)14-11-10-16(4,5)8-6-12(11)18-13(19-14)7-9-17/h6-8,10H2,1-5H3. The number of fused-ring (bicyclic) bond motifs is 1. The highest BCUT2D eigenvalue weighted by Crippen LogP contribution is 2.38. The SMILES string of the molecule is CC1(C)CCc2nc(CC#N)nc(C(C)(C)C)c2C1. The average molecular weight is 257 g/mol. The monoisotopic (exact) mass is 257 g/mol. The average Bonchev–Trinajstić information content (AvgIpc) is 2.27. The van der Waals surface area contributed by atoms with E-state index in [0.717, 1.165) is 25.0 Å². The lowest BCUT2D eigenvalue weighted by molar-refractivity contribution is 0.306. The largest absolute Gasteiger partial charge is 0.237 e. The molecule has 0 amide bonds. The number of hydrogen-bond acceptors (Lipinski definition) is 3. The lowest BCUT2D eigenvalue weighted by Gasteiger charge is -2.34. The lowest BCUT2D eigenvalue weighted by atomic mass is 9.73. The Morgan fingerprint density at radius 3 is 2.53 bits per heavy atom. The highest BCUT2D eigenvalue weighted by molar-refractivity contribution is 5.34. The van der Waals surface area contributed by atoms with Crippen LogP contribution in [0.1, 0.15) is 63.8 Å². The van der Waals surface area contributed by atoms with Gasteiger partial charge in [-0.3, -0.25) is 0 Å². The normalized spacial score (nSPS) is 17.7. The van der Waals surface area contributed by atoms with E-state index in [-0.39, 0.29) is 5.41 Å². The van der Waals surface area contributed by atoms with Crippen molar-refractivity contribution in [1.82, 2.24) is 9.97 Å². The molecule has 1 aliphatic rings. The summed E-state index contributed by atoms with van der Waals surface area (Å²) in [6, 6.07) is 2.16. The first-order valence-corrected chi connectivity index (χ1v) is 6.99. The Morgan fingerprint density at radius 2 is 1.95 bits per heavy atom. The van der Waals surface area contributed by atoms with Crippen LogP contribution in [0.3, 0.4) is 0 Å². The van der Waals surface area contributed by atoms with Crippen LogP contribution in [0.15, 0.2) is 0 Å². The Balaban J connectivity index is 2.57. The van der Waals surface area contributed by atoms with Crippen LogP contribution in [0.2, 0.25) is 0 Å². The molecule has 0 atom stereocenters. The molecular formula is C16H23N3. The van der Waals surface area contributed by atoms with Gasteiger partial charge in [0.1, 0.15) is 5.82 Å². The number of aromatic nitrogens is 2. The first-order chi connectivity index (χ1) is 8.73. The third-order valence-corrected chi connectivity index (χ3v) is 3.78. The molecule has 1 heterocycles. The number of hydrogen-bond donors (Lipinski definition) is 0. The van der Waals surface area contributed by atoms with Gasteiger partial charge >= 0.3 is 0 Å². The third kappa shape index (κ3) is 2.94. The van der Waals surface area contributed by atoms with Gasteiger partial charge in [0.2, 0.25) is 0 Å². The molecule has 0 saturated carbocycles. The molecule has 0 aromatic carbocycles. The van der Waals surface area contributed by atoms with Crippen LogP contribution in [0.5, 0.6) is 0 Å². The van der Waals surface area contributed by atoms with E-state index in [1.165, 1.54) is 11.3 Å². The Labute approximate surface area is 116 Å². The second-order valence-corrected chi connectivity index (χ2v) is 7.34. The van der Waals surface area contributed by atoms with Gasteiger partial charge in [0, 0.05) is 11.1 Å². The first kappa shape index (κ1) is 14.0. The summed E-state index contributed by atoms with van der Waals surface area (Å²) in [5.74, 6) is 0.686. The zero-order valence-corrected chi connectivity index (χ0v) is 12.7. The minimum absolute atomic E-state index is 0.00461. The van der Waals surface area contributed by atoms with Gasteiger partial charge in [-0.05, 0) is 30.2 Å². The quantitative estimate of drug-likeness (QED) is 0.775. The van der Waals surface area contributed by atoms with Gasteiger partial charge in [0.25, 0.3) is 0 Å². The van der Waals surface area contributed by atoms with Crippen LogP contribution in [0, 0.1) is 16.7 Å². The van der Waals surface area contributed by atoms with Crippen molar-refractivity contribution >= 4 is 0 Å². The van der Waals surface area contributed by atoms with Crippen LogP contribution in [0.4, 0.5) is 0 Å². The van der Waals surface area contributed by atoms with Gasteiger partial charge in [-0.1, -0.05) is 34.6 Å². The molecule has 19 heavy (non-hydrogen) atoms. The number of nitrogens with zero attached hydrogens (tertiary/aromatic N) is 3. The van der Waals surface area contributed by atoms with Crippen LogP contribution in [-0.2, 0) is 24.7 Å². The second-order valence-electron chi connectivity index (χ2n) is 7.34. The summed E-state index contributed by atoms with van der Waals surface area (Å²) in [5, 5.41) is 8.87. The van der Waals surface area contributed by atoms with Gasteiger partial charge in [-0.2, -0.15) is 5.26 Å². The predicted molar refractivity (Wildman–Crippen MR) is 75.9 cm³/mol. The molecule has 1 aromatic heterocycles. The fourth-order valence-corrected chi connectivity index (χ4v) is 2.77. The molecule has 0 fully saturated rings. The van der Waals surface area contributed by atoms with E-state index in [2.05, 4.69) is 50.7 Å². The summed E-state index contributed by atoms with van der Waals surface area (Å²) in [5.41, 5.74) is 3.96. The Kier molecular flexibility index (Phi) is 3.38. The highest BCUT2D eigenvalue weighted by atomic mass is 14.9. The van der Waals surface area contributed by atoms with Crippen LogP contribution in [0.25, 0.3) is 0 Å². The minimum Gasteiger partial charge on any atom is -0.237 e. The van der Waals surface area contributed by atoms with Crippen LogP contribution in [-0.4, -0.2) is 9.97 Å². The van der Waals surface area contributed by atoms with Crippen LogP contribution < -0.4 is 0 Å². The van der Waals surface area contributed by atoms with Crippen molar-refractivity contribution < 1.29 is 0 Å². The van der Waals surface area contributed by atoms with Crippen molar-refractivity contribution in [2.75, 3.05) is 0 Å². The van der Waals surface area contributed by atoms with Gasteiger partial charge in [0.15, 0.2) is 0 Å². The molecular weight excluding hydrogens is 234 g/mol. The Bertz CT molecular complexity index is 530. The van der Waals surface area contributed by atoms with E-state index in [4.69, 9.17) is 5.26 Å². The maximum atomic E-state index is 8.87. The number of nitriles is 1. The second kappa shape index (κ2) is 4.59. The molecule has 2 rings (SSSR count). The number of rotatable bonds is 1. The van der Waals surface area contributed by atoms with Crippen molar-refractivity contribution in [1.29, 1.82) is 5.26 Å². The fourth-order valence-electron chi connectivity index (χ4n) is 2.77. The molecule has 0 saturated heterocycles. The molecule has 1 aliphatic carbocycles. The van der Waals surface area contributed by atoms with E-state index >= 15 is 0 Å². The highest BCUT2D eigenvalue weighted by Gasteiger charge is 2.32. The summed E-state index contributed by atoms with van der Waals surface area (Å²) in [7, 11) is 0. The zero-order valence-electron chi connectivity index (χ0n) is 12.7. The molecule has 3 nitrogen and oxygen atoms in total. The molecule has 0 spiro atoms. The maximum Gasteiger partial charge on any atom is 0.142 e. The van der Waals surface area contributed by atoms with E-state index < -0.39 is 0 Å². The summed E-state index contributed by atoms with van der Waals surface area (Å²) >= 11 is 0.